The number of benzene rings is 1. The first-order chi connectivity index (χ1) is 9.96. The van der Waals surface area contributed by atoms with Crippen molar-refractivity contribution < 1.29 is 8.42 Å². The molecule has 2 rings (SSSR count). The molecule has 3 nitrogen and oxygen atoms in total. The standard InChI is InChI=1S/C17H23NO2S/c1-4-5-6-7-16-11-10-15(3)18(16)21(19,20)17-12-8-14(2)9-13-17/h6-13,15-16H,4-5H2,1-3H3/b7-6+/t15-,16+/m0/s1. The Morgan fingerprint density at radius 2 is 1.86 bits per heavy atom. The summed E-state index contributed by atoms with van der Waals surface area (Å²) in [7, 11) is -3.47. The van der Waals surface area contributed by atoms with Crippen molar-refractivity contribution in [1.29, 1.82) is 0 Å². The summed E-state index contributed by atoms with van der Waals surface area (Å²) in [5.74, 6) is 0. The minimum absolute atomic E-state index is 0.118. The van der Waals surface area contributed by atoms with Crippen LogP contribution in [-0.4, -0.2) is 24.8 Å². The summed E-state index contributed by atoms with van der Waals surface area (Å²) in [6.45, 7) is 5.97. The first-order valence-electron chi connectivity index (χ1n) is 7.42. The van der Waals surface area contributed by atoms with Gasteiger partial charge in [-0.15, -0.1) is 0 Å². The maximum absolute atomic E-state index is 12.9. The zero-order valence-electron chi connectivity index (χ0n) is 12.9. The summed E-state index contributed by atoms with van der Waals surface area (Å²) in [4.78, 5) is 0.359. The molecule has 0 unspecified atom stereocenters. The van der Waals surface area contributed by atoms with Gasteiger partial charge in [0.15, 0.2) is 0 Å². The Hall–Kier alpha value is -1.39. The lowest BCUT2D eigenvalue weighted by atomic mass is 10.2. The topological polar surface area (TPSA) is 37.4 Å². The minimum Gasteiger partial charge on any atom is -0.207 e. The van der Waals surface area contributed by atoms with Crippen molar-refractivity contribution >= 4 is 10.0 Å². The fourth-order valence-electron chi connectivity index (χ4n) is 2.48. The fraction of sp³-hybridized carbons (Fsp3) is 0.412. The molecule has 0 aromatic heterocycles. The van der Waals surface area contributed by atoms with E-state index in [1.54, 1.807) is 16.4 Å². The Balaban J connectivity index is 2.30. The van der Waals surface area contributed by atoms with Gasteiger partial charge in [0, 0.05) is 6.04 Å². The fourth-order valence-corrected chi connectivity index (χ4v) is 4.17. The van der Waals surface area contributed by atoms with Crippen LogP contribution in [0.1, 0.15) is 32.3 Å². The lowest BCUT2D eigenvalue weighted by molar-refractivity contribution is 0.387. The third-order valence-corrected chi connectivity index (χ3v) is 5.67. The Morgan fingerprint density at radius 1 is 1.19 bits per heavy atom. The van der Waals surface area contributed by atoms with Gasteiger partial charge in [-0.2, -0.15) is 4.31 Å². The highest BCUT2D eigenvalue weighted by Crippen LogP contribution is 2.27. The van der Waals surface area contributed by atoms with Crippen molar-refractivity contribution in [2.45, 2.75) is 50.6 Å². The van der Waals surface area contributed by atoms with Crippen molar-refractivity contribution in [2.24, 2.45) is 0 Å². The summed E-state index contributed by atoms with van der Waals surface area (Å²) in [6.07, 6.45) is 9.99. The van der Waals surface area contributed by atoms with E-state index in [0.29, 0.717) is 4.90 Å². The van der Waals surface area contributed by atoms with E-state index in [2.05, 4.69) is 13.0 Å². The molecule has 0 saturated carbocycles. The van der Waals surface area contributed by atoms with Gasteiger partial charge in [0.05, 0.1) is 10.9 Å². The second kappa shape index (κ2) is 6.58. The molecule has 114 valence electrons. The molecular weight excluding hydrogens is 282 g/mol. The summed E-state index contributed by atoms with van der Waals surface area (Å²) >= 11 is 0. The molecule has 1 aromatic rings. The number of aryl methyl sites for hydroxylation is 1. The molecular formula is C17H23NO2S. The predicted octanol–water partition coefficient (Wildman–Crippen LogP) is 3.67. The zero-order chi connectivity index (χ0) is 15.5. The van der Waals surface area contributed by atoms with Gasteiger partial charge >= 0.3 is 0 Å². The predicted molar refractivity (Wildman–Crippen MR) is 86.6 cm³/mol. The van der Waals surface area contributed by atoms with Crippen molar-refractivity contribution in [2.75, 3.05) is 0 Å². The summed E-state index contributed by atoms with van der Waals surface area (Å²) in [5.41, 5.74) is 1.06. The molecule has 21 heavy (non-hydrogen) atoms. The molecule has 0 aliphatic carbocycles. The van der Waals surface area contributed by atoms with Crippen LogP contribution in [0.5, 0.6) is 0 Å². The zero-order valence-corrected chi connectivity index (χ0v) is 13.7. The van der Waals surface area contributed by atoms with Gasteiger partial charge in [0.25, 0.3) is 0 Å². The molecule has 1 aromatic carbocycles. The average Bonchev–Trinajstić information content (AvgIpc) is 2.81. The molecule has 1 aliphatic heterocycles. The highest BCUT2D eigenvalue weighted by molar-refractivity contribution is 7.89. The van der Waals surface area contributed by atoms with E-state index in [0.717, 1.165) is 18.4 Å². The van der Waals surface area contributed by atoms with Crippen LogP contribution in [0.3, 0.4) is 0 Å². The van der Waals surface area contributed by atoms with Gasteiger partial charge in [-0.1, -0.05) is 55.3 Å². The van der Waals surface area contributed by atoms with E-state index < -0.39 is 10.0 Å². The number of allylic oxidation sites excluding steroid dienone is 1. The van der Waals surface area contributed by atoms with E-state index in [4.69, 9.17) is 0 Å². The second-order valence-electron chi connectivity index (χ2n) is 5.48. The first-order valence-corrected chi connectivity index (χ1v) is 8.86. The molecule has 0 radical (unpaired) electrons. The highest BCUT2D eigenvalue weighted by Gasteiger charge is 2.35. The Morgan fingerprint density at radius 3 is 2.48 bits per heavy atom. The number of sulfonamides is 1. The average molecular weight is 305 g/mol. The van der Waals surface area contributed by atoms with Crippen LogP contribution in [0.15, 0.2) is 53.5 Å². The Bertz CT molecular complexity index is 629. The number of hydrogen-bond donors (Lipinski definition) is 0. The molecule has 0 spiro atoms. The second-order valence-corrected chi connectivity index (χ2v) is 7.32. The smallest absolute Gasteiger partial charge is 0.207 e. The van der Waals surface area contributed by atoms with Crippen molar-refractivity contribution in [3.63, 3.8) is 0 Å². The van der Waals surface area contributed by atoms with E-state index in [1.807, 2.05) is 44.2 Å². The Kier molecular flexibility index (Phi) is 5.01. The maximum Gasteiger partial charge on any atom is 0.244 e. The maximum atomic E-state index is 12.9. The lowest BCUT2D eigenvalue weighted by Gasteiger charge is -2.26. The van der Waals surface area contributed by atoms with Gasteiger partial charge in [-0.05, 0) is 32.4 Å². The molecule has 0 saturated heterocycles. The van der Waals surface area contributed by atoms with E-state index >= 15 is 0 Å². The monoisotopic (exact) mass is 305 g/mol. The molecule has 2 atom stereocenters. The largest absolute Gasteiger partial charge is 0.244 e. The van der Waals surface area contributed by atoms with E-state index in [1.165, 1.54) is 0 Å². The molecule has 0 N–H and O–H groups in total. The van der Waals surface area contributed by atoms with Crippen LogP contribution in [0.25, 0.3) is 0 Å². The quantitative estimate of drug-likeness (QED) is 0.778. The lowest BCUT2D eigenvalue weighted by Crippen LogP contribution is -2.39. The summed E-state index contributed by atoms with van der Waals surface area (Å²) in [6, 6.07) is 6.74. The Labute approximate surface area is 128 Å². The van der Waals surface area contributed by atoms with Crippen LogP contribution in [0, 0.1) is 6.92 Å². The normalized spacial score (nSPS) is 23.2. The first kappa shape index (κ1) is 16.0. The molecule has 1 heterocycles. The third kappa shape index (κ3) is 3.44. The van der Waals surface area contributed by atoms with Crippen LogP contribution >= 0.6 is 0 Å². The number of hydrogen-bond acceptors (Lipinski definition) is 2. The van der Waals surface area contributed by atoms with Crippen molar-refractivity contribution in [3.05, 3.63) is 54.1 Å². The van der Waals surface area contributed by atoms with Crippen molar-refractivity contribution in [3.8, 4) is 0 Å². The van der Waals surface area contributed by atoms with Gasteiger partial charge in [0.1, 0.15) is 0 Å². The minimum atomic E-state index is -3.47. The van der Waals surface area contributed by atoms with Crippen LogP contribution < -0.4 is 0 Å². The molecule has 0 amide bonds. The molecule has 1 aliphatic rings. The van der Waals surface area contributed by atoms with Crippen molar-refractivity contribution in [1.82, 2.24) is 4.31 Å². The van der Waals surface area contributed by atoms with Crippen LogP contribution in [-0.2, 0) is 10.0 Å². The van der Waals surface area contributed by atoms with Gasteiger partial charge in [-0.25, -0.2) is 8.42 Å². The van der Waals surface area contributed by atoms with E-state index in [-0.39, 0.29) is 12.1 Å². The molecule has 0 fully saturated rings. The van der Waals surface area contributed by atoms with Gasteiger partial charge in [-0.3, -0.25) is 0 Å². The van der Waals surface area contributed by atoms with Crippen LogP contribution in [0.2, 0.25) is 0 Å². The highest BCUT2D eigenvalue weighted by atomic mass is 32.2. The number of nitrogens with zero attached hydrogens (tertiary/aromatic N) is 1. The van der Waals surface area contributed by atoms with Gasteiger partial charge in [0.2, 0.25) is 10.0 Å². The van der Waals surface area contributed by atoms with E-state index in [9.17, 15) is 8.42 Å². The SMILES string of the molecule is CCC/C=C/[C@@H]1C=C[C@H](C)N1S(=O)(=O)c1ccc(C)cc1. The molecule has 0 bridgehead atoms. The number of rotatable bonds is 5. The summed E-state index contributed by atoms with van der Waals surface area (Å²) < 4.78 is 27.3. The molecule has 4 heteroatoms. The van der Waals surface area contributed by atoms with Crippen LogP contribution in [0.4, 0.5) is 0 Å². The summed E-state index contributed by atoms with van der Waals surface area (Å²) in [5, 5.41) is 0. The van der Waals surface area contributed by atoms with Gasteiger partial charge < -0.3 is 0 Å². The third-order valence-electron chi connectivity index (χ3n) is 3.67. The number of unbranched alkanes of at least 4 members (excludes halogenated alkanes) is 1.